The van der Waals surface area contributed by atoms with Crippen molar-refractivity contribution in [2.45, 2.75) is 66.0 Å². The molecule has 1 atom stereocenters. The Kier molecular flexibility index (Phi) is 5.51. The number of nitriles is 1. The summed E-state index contributed by atoms with van der Waals surface area (Å²) in [5.74, 6) is -0.0605. The maximum Gasteiger partial charge on any atom is 0.458 e. The zero-order chi connectivity index (χ0) is 13.0. The highest BCUT2D eigenvalue weighted by molar-refractivity contribution is 6.44. The van der Waals surface area contributed by atoms with Gasteiger partial charge in [0.15, 0.2) is 0 Å². The normalized spacial score (nSPS) is 14.4. The molecule has 0 N–H and O–H groups in total. The summed E-state index contributed by atoms with van der Waals surface area (Å²) in [7, 11) is -0.324. The standard InChI is InChI=1S/C12H24BNO2/c1-10(9-14)8-13(15-11(2,3)4)16-12(5,6)7/h10H,8H2,1-7H3. The molecule has 92 valence electrons. The molecule has 16 heavy (non-hydrogen) atoms. The zero-order valence-electron chi connectivity index (χ0n) is 11.6. The summed E-state index contributed by atoms with van der Waals surface area (Å²) in [6, 6.07) is 2.21. The lowest BCUT2D eigenvalue weighted by molar-refractivity contribution is 0.0329. The fraction of sp³-hybridized carbons (Fsp3) is 0.917. The molecule has 0 saturated heterocycles. The molecule has 3 nitrogen and oxygen atoms in total. The smallest absolute Gasteiger partial charge is 0.406 e. The van der Waals surface area contributed by atoms with Crippen LogP contribution in [0.15, 0.2) is 0 Å². The van der Waals surface area contributed by atoms with E-state index in [0.29, 0.717) is 6.32 Å². The Balaban J connectivity index is 4.47. The Bertz CT molecular complexity index is 231. The maximum atomic E-state index is 8.82. The van der Waals surface area contributed by atoms with Gasteiger partial charge in [-0.1, -0.05) is 0 Å². The number of hydrogen-bond acceptors (Lipinski definition) is 3. The zero-order valence-corrected chi connectivity index (χ0v) is 11.6. The van der Waals surface area contributed by atoms with Crippen molar-refractivity contribution in [3.63, 3.8) is 0 Å². The van der Waals surface area contributed by atoms with E-state index < -0.39 is 0 Å². The second-order valence-corrected chi connectivity index (χ2v) is 6.16. The van der Waals surface area contributed by atoms with Crippen molar-refractivity contribution in [1.82, 2.24) is 0 Å². The molecule has 0 amide bonds. The average molecular weight is 225 g/mol. The highest BCUT2D eigenvalue weighted by atomic mass is 16.6. The lowest BCUT2D eigenvalue weighted by atomic mass is 9.76. The predicted molar refractivity (Wildman–Crippen MR) is 67.0 cm³/mol. The molecule has 0 aliphatic carbocycles. The van der Waals surface area contributed by atoms with Gasteiger partial charge < -0.3 is 9.31 Å². The number of hydrogen-bond donors (Lipinski definition) is 0. The Morgan fingerprint density at radius 2 is 1.44 bits per heavy atom. The minimum Gasteiger partial charge on any atom is -0.406 e. The fourth-order valence-electron chi connectivity index (χ4n) is 1.25. The first-order chi connectivity index (χ1) is 7.03. The molecule has 0 aromatic heterocycles. The van der Waals surface area contributed by atoms with Crippen LogP contribution in [0.1, 0.15) is 48.5 Å². The van der Waals surface area contributed by atoms with Crippen molar-refractivity contribution < 1.29 is 9.31 Å². The van der Waals surface area contributed by atoms with Crippen LogP contribution in [0.5, 0.6) is 0 Å². The van der Waals surface area contributed by atoms with Crippen LogP contribution in [0.25, 0.3) is 0 Å². The van der Waals surface area contributed by atoms with Gasteiger partial charge in [-0.25, -0.2) is 0 Å². The lowest BCUT2D eigenvalue weighted by Gasteiger charge is -2.31. The van der Waals surface area contributed by atoms with Crippen LogP contribution in [0.4, 0.5) is 0 Å². The maximum absolute atomic E-state index is 8.82. The molecule has 0 rings (SSSR count). The first-order valence-electron chi connectivity index (χ1n) is 5.79. The van der Waals surface area contributed by atoms with Crippen LogP contribution in [0, 0.1) is 17.2 Å². The minimum absolute atomic E-state index is 0.0605. The molecule has 0 aromatic carbocycles. The third kappa shape index (κ3) is 8.76. The van der Waals surface area contributed by atoms with E-state index in [-0.39, 0.29) is 24.2 Å². The molecule has 0 aliphatic rings. The predicted octanol–water partition coefficient (Wildman–Crippen LogP) is 3.26. The van der Waals surface area contributed by atoms with Gasteiger partial charge in [0, 0.05) is 17.1 Å². The van der Waals surface area contributed by atoms with E-state index in [9.17, 15) is 0 Å². The number of rotatable bonds is 4. The molecule has 4 heteroatoms. The van der Waals surface area contributed by atoms with Gasteiger partial charge in [0.25, 0.3) is 0 Å². The second-order valence-electron chi connectivity index (χ2n) is 6.16. The minimum atomic E-state index is -0.324. The monoisotopic (exact) mass is 225 g/mol. The van der Waals surface area contributed by atoms with Crippen molar-refractivity contribution >= 4 is 7.12 Å². The topological polar surface area (TPSA) is 42.2 Å². The summed E-state index contributed by atoms with van der Waals surface area (Å²) in [6.45, 7) is 13.8. The summed E-state index contributed by atoms with van der Waals surface area (Å²) < 4.78 is 11.6. The van der Waals surface area contributed by atoms with Crippen molar-refractivity contribution in [3.8, 4) is 6.07 Å². The molecule has 0 radical (unpaired) electrons. The van der Waals surface area contributed by atoms with Gasteiger partial charge in [0.1, 0.15) is 0 Å². The lowest BCUT2D eigenvalue weighted by Crippen LogP contribution is -2.39. The summed E-state index contributed by atoms with van der Waals surface area (Å²) in [5.41, 5.74) is -0.518. The third-order valence-electron chi connectivity index (χ3n) is 1.74. The van der Waals surface area contributed by atoms with E-state index >= 15 is 0 Å². The molecule has 0 heterocycles. The Hall–Kier alpha value is -0.525. The Morgan fingerprint density at radius 1 is 1.06 bits per heavy atom. The molecule has 0 spiro atoms. The van der Waals surface area contributed by atoms with Gasteiger partial charge in [-0.3, -0.25) is 0 Å². The quantitative estimate of drug-likeness (QED) is 0.689. The first-order valence-corrected chi connectivity index (χ1v) is 5.79. The van der Waals surface area contributed by atoms with Crippen LogP contribution < -0.4 is 0 Å². The summed E-state index contributed by atoms with van der Waals surface area (Å²) in [5, 5.41) is 8.82. The van der Waals surface area contributed by atoms with E-state index in [4.69, 9.17) is 14.6 Å². The second kappa shape index (κ2) is 5.70. The van der Waals surface area contributed by atoms with Gasteiger partial charge in [-0.15, -0.1) is 0 Å². The van der Waals surface area contributed by atoms with Crippen LogP contribution >= 0.6 is 0 Å². The molecule has 0 fully saturated rings. The van der Waals surface area contributed by atoms with Crippen molar-refractivity contribution in [1.29, 1.82) is 5.26 Å². The Labute approximate surface area is 100 Å². The molecular weight excluding hydrogens is 201 g/mol. The molecule has 0 aliphatic heterocycles. The first kappa shape index (κ1) is 15.5. The number of nitrogens with zero attached hydrogens (tertiary/aromatic N) is 1. The molecule has 1 unspecified atom stereocenters. The summed E-state index contributed by atoms with van der Waals surface area (Å²) in [6.07, 6.45) is 0.602. The fourth-order valence-corrected chi connectivity index (χ4v) is 1.25. The van der Waals surface area contributed by atoms with Gasteiger partial charge in [0.2, 0.25) is 0 Å². The van der Waals surface area contributed by atoms with Crippen LogP contribution in [-0.2, 0) is 9.31 Å². The van der Waals surface area contributed by atoms with E-state index in [1.807, 2.05) is 48.5 Å². The van der Waals surface area contributed by atoms with Gasteiger partial charge >= 0.3 is 7.12 Å². The molecular formula is C12H24BNO2. The molecule has 0 bridgehead atoms. The van der Waals surface area contributed by atoms with E-state index in [1.54, 1.807) is 0 Å². The van der Waals surface area contributed by atoms with Gasteiger partial charge in [0.05, 0.1) is 6.07 Å². The SMILES string of the molecule is CC(C#N)CB(OC(C)(C)C)OC(C)(C)C. The highest BCUT2D eigenvalue weighted by Crippen LogP contribution is 2.20. The molecule has 0 saturated carbocycles. The van der Waals surface area contributed by atoms with Crippen molar-refractivity contribution in [3.05, 3.63) is 0 Å². The molecule has 0 aromatic rings. The largest absolute Gasteiger partial charge is 0.458 e. The van der Waals surface area contributed by atoms with Crippen LogP contribution in [0.2, 0.25) is 6.32 Å². The Morgan fingerprint density at radius 3 is 1.69 bits per heavy atom. The van der Waals surface area contributed by atoms with E-state index in [0.717, 1.165) is 0 Å². The summed E-state index contributed by atoms with van der Waals surface area (Å²) >= 11 is 0. The summed E-state index contributed by atoms with van der Waals surface area (Å²) in [4.78, 5) is 0. The van der Waals surface area contributed by atoms with Crippen molar-refractivity contribution in [2.24, 2.45) is 5.92 Å². The van der Waals surface area contributed by atoms with E-state index in [2.05, 4.69) is 6.07 Å². The average Bonchev–Trinajstić information content (AvgIpc) is 1.97. The van der Waals surface area contributed by atoms with Crippen molar-refractivity contribution in [2.75, 3.05) is 0 Å². The third-order valence-corrected chi connectivity index (χ3v) is 1.74. The van der Waals surface area contributed by atoms with Crippen LogP contribution in [-0.4, -0.2) is 18.3 Å². The highest BCUT2D eigenvalue weighted by Gasteiger charge is 2.31. The van der Waals surface area contributed by atoms with Gasteiger partial charge in [-0.2, -0.15) is 5.26 Å². The van der Waals surface area contributed by atoms with E-state index in [1.165, 1.54) is 0 Å². The van der Waals surface area contributed by atoms with Gasteiger partial charge in [-0.05, 0) is 54.8 Å². The van der Waals surface area contributed by atoms with Crippen LogP contribution in [0.3, 0.4) is 0 Å².